The van der Waals surface area contributed by atoms with Gasteiger partial charge in [0.15, 0.2) is 0 Å². The van der Waals surface area contributed by atoms with Crippen LogP contribution in [0, 0.1) is 0 Å². The van der Waals surface area contributed by atoms with Crippen LogP contribution in [0.3, 0.4) is 0 Å². The van der Waals surface area contributed by atoms with E-state index in [-0.39, 0.29) is 11.3 Å². The van der Waals surface area contributed by atoms with Crippen molar-refractivity contribution in [2.75, 3.05) is 7.11 Å². The maximum atomic E-state index is 12.3. The average Bonchev–Trinajstić information content (AvgIpc) is 2.28. The first-order chi connectivity index (χ1) is 9.05. The Bertz CT molecular complexity index is 605. The Morgan fingerprint density at radius 2 is 1.95 bits per heavy atom. The van der Waals surface area contributed by atoms with Gasteiger partial charge in [-0.3, -0.25) is 4.79 Å². The van der Waals surface area contributed by atoms with Crippen LogP contribution in [0.4, 0.5) is 0 Å². The second kappa shape index (κ2) is 6.24. The number of halogens is 1. The highest BCUT2D eigenvalue weighted by atomic mass is 79.9. The smallest absolute Gasteiger partial charge is 0.309 e. The van der Waals surface area contributed by atoms with Crippen LogP contribution in [0.2, 0.25) is 0 Å². The van der Waals surface area contributed by atoms with Crippen LogP contribution in [-0.4, -0.2) is 27.0 Å². The Hall–Kier alpha value is -0.920. The van der Waals surface area contributed by atoms with Crippen molar-refractivity contribution in [3.8, 4) is 0 Å². The SMILES string of the molecule is COC(=O)Cc1ccc(Br)c(S(=O)(=O)NC(C)(C)C)c1. The molecule has 0 bridgehead atoms. The van der Waals surface area contributed by atoms with Crippen LogP contribution < -0.4 is 4.72 Å². The van der Waals surface area contributed by atoms with Gasteiger partial charge in [0.1, 0.15) is 0 Å². The molecule has 0 amide bonds. The van der Waals surface area contributed by atoms with Crippen molar-refractivity contribution < 1.29 is 17.9 Å². The zero-order chi connectivity index (χ0) is 15.6. The molecule has 0 fully saturated rings. The van der Waals surface area contributed by atoms with Gasteiger partial charge in [-0.2, -0.15) is 0 Å². The molecule has 1 aromatic carbocycles. The monoisotopic (exact) mass is 363 g/mol. The molecule has 7 heteroatoms. The van der Waals surface area contributed by atoms with E-state index < -0.39 is 21.5 Å². The summed E-state index contributed by atoms with van der Waals surface area (Å²) in [5, 5.41) is 0. The fourth-order valence-corrected chi connectivity index (χ4v) is 3.99. The molecule has 0 aliphatic heterocycles. The number of hydrogen-bond acceptors (Lipinski definition) is 4. The van der Waals surface area contributed by atoms with Gasteiger partial charge < -0.3 is 4.74 Å². The third kappa shape index (κ3) is 4.88. The van der Waals surface area contributed by atoms with Gasteiger partial charge in [-0.1, -0.05) is 6.07 Å². The highest BCUT2D eigenvalue weighted by Gasteiger charge is 2.24. The predicted octanol–water partition coefficient (Wildman–Crippen LogP) is 2.24. The Balaban J connectivity index is 3.17. The lowest BCUT2D eigenvalue weighted by Crippen LogP contribution is -2.40. The van der Waals surface area contributed by atoms with Gasteiger partial charge in [-0.25, -0.2) is 13.1 Å². The molecule has 0 aliphatic carbocycles. The van der Waals surface area contributed by atoms with E-state index in [2.05, 4.69) is 25.4 Å². The van der Waals surface area contributed by atoms with Gasteiger partial charge in [-0.05, 0) is 54.4 Å². The predicted molar refractivity (Wildman–Crippen MR) is 79.9 cm³/mol. The summed E-state index contributed by atoms with van der Waals surface area (Å²) in [5.74, 6) is -0.417. The number of rotatable bonds is 4. The van der Waals surface area contributed by atoms with Crippen molar-refractivity contribution in [3.05, 3.63) is 28.2 Å². The van der Waals surface area contributed by atoms with Crippen LogP contribution in [0.25, 0.3) is 0 Å². The van der Waals surface area contributed by atoms with Gasteiger partial charge in [0.05, 0.1) is 18.4 Å². The number of benzene rings is 1. The number of hydrogen-bond donors (Lipinski definition) is 1. The first-order valence-corrected chi connectivity index (χ1v) is 8.22. The zero-order valence-electron chi connectivity index (χ0n) is 11.9. The van der Waals surface area contributed by atoms with Crippen LogP contribution in [-0.2, 0) is 26.0 Å². The standard InChI is InChI=1S/C13H18BrNO4S/c1-13(2,3)15-20(17,18)11-7-9(5-6-10(11)14)8-12(16)19-4/h5-7,15H,8H2,1-4H3. The van der Waals surface area contributed by atoms with Gasteiger partial charge in [0, 0.05) is 10.0 Å². The molecule has 0 unspecified atom stereocenters. The molecule has 0 heterocycles. The van der Waals surface area contributed by atoms with Crippen molar-refractivity contribution >= 4 is 31.9 Å². The molecule has 0 radical (unpaired) electrons. The van der Waals surface area contributed by atoms with E-state index >= 15 is 0 Å². The first-order valence-electron chi connectivity index (χ1n) is 5.94. The van der Waals surface area contributed by atoms with E-state index in [1.807, 2.05) is 0 Å². The normalized spacial score (nSPS) is 12.2. The Labute approximate surface area is 127 Å². The average molecular weight is 364 g/mol. The fourth-order valence-electron chi connectivity index (χ4n) is 1.56. The molecule has 1 N–H and O–H groups in total. The zero-order valence-corrected chi connectivity index (χ0v) is 14.3. The van der Waals surface area contributed by atoms with E-state index in [1.165, 1.54) is 13.2 Å². The molecule has 1 rings (SSSR count). The van der Waals surface area contributed by atoms with Crippen molar-refractivity contribution in [2.24, 2.45) is 0 Å². The fraction of sp³-hybridized carbons (Fsp3) is 0.462. The quantitative estimate of drug-likeness (QED) is 0.832. The van der Waals surface area contributed by atoms with E-state index in [4.69, 9.17) is 0 Å². The molecule has 0 spiro atoms. The van der Waals surface area contributed by atoms with Gasteiger partial charge in [0.2, 0.25) is 10.0 Å². The Kier molecular flexibility index (Phi) is 5.34. The number of sulfonamides is 1. The molecule has 0 aliphatic rings. The Morgan fingerprint density at radius 3 is 2.45 bits per heavy atom. The summed E-state index contributed by atoms with van der Waals surface area (Å²) in [6.45, 7) is 5.28. The molecule has 0 atom stereocenters. The molecule has 112 valence electrons. The summed E-state index contributed by atoms with van der Waals surface area (Å²) in [7, 11) is -2.37. The number of nitrogens with one attached hydrogen (secondary N) is 1. The van der Waals surface area contributed by atoms with Gasteiger partial charge in [0.25, 0.3) is 0 Å². The second-order valence-corrected chi connectivity index (χ2v) is 7.88. The lowest BCUT2D eigenvalue weighted by atomic mass is 10.1. The number of esters is 1. The van der Waals surface area contributed by atoms with E-state index in [9.17, 15) is 13.2 Å². The summed E-state index contributed by atoms with van der Waals surface area (Å²) >= 11 is 3.22. The highest BCUT2D eigenvalue weighted by Crippen LogP contribution is 2.24. The summed E-state index contributed by atoms with van der Waals surface area (Å²) < 4.78 is 32.2. The van der Waals surface area contributed by atoms with Crippen molar-refractivity contribution in [1.82, 2.24) is 4.72 Å². The molecule has 0 aromatic heterocycles. The topological polar surface area (TPSA) is 72.5 Å². The lowest BCUT2D eigenvalue weighted by Gasteiger charge is -2.21. The van der Waals surface area contributed by atoms with Crippen LogP contribution >= 0.6 is 15.9 Å². The molecule has 1 aromatic rings. The van der Waals surface area contributed by atoms with Crippen LogP contribution in [0.1, 0.15) is 26.3 Å². The number of carbonyl (C=O) groups excluding carboxylic acids is 1. The van der Waals surface area contributed by atoms with E-state index in [1.54, 1.807) is 32.9 Å². The lowest BCUT2D eigenvalue weighted by molar-refractivity contribution is -0.139. The first kappa shape index (κ1) is 17.1. The number of carbonyl (C=O) groups is 1. The molecule has 0 saturated carbocycles. The third-order valence-electron chi connectivity index (χ3n) is 2.30. The van der Waals surface area contributed by atoms with E-state index in [0.29, 0.717) is 10.0 Å². The highest BCUT2D eigenvalue weighted by molar-refractivity contribution is 9.10. The molecule has 5 nitrogen and oxygen atoms in total. The van der Waals surface area contributed by atoms with Gasteiger partial charge in [-0.15, -0.1) is 0 Å². The van der Waals surface area contributed by atoms with E-state index in [0.717, 1.165) is 0 Å². The summed E-state index contributed by atoms with van der Waals surface area (Å²) in [5.41, 5.74) is -0.00859. The minimum atomic E-state index is -3.66. The molecular weight excluding hydrogens is 346 g/mol. The summed E-state index contributed by atoms with van der Waals surface area (Å²) in [6, 6.07) is 4.75. The van der Waals surface area contributed by atoms with Crippen LogP contribution in [0.15, 0.2) is 27.6 Å². The van der Waals surface area contributed by atoms with Gasteiger partial charge >= 0.3 is 5.97 Å². The minimum absolute atomic E-state index is 0.0296. The largest absolute Gasteiger partial charge is 0.469 e. The maximum absolute atomic E-state index is 12.3. The molecular formula is C13H18BrNO4S. The summed E-state index contributed by atoms with van der Waals surface area (Å²) in [4.78, 5) is 11.4. The Morgan fingerprint density at radius 1 is 1.35 bits per heavy atom. The summed E-state index contributed by atoms with van der Waals surface area (Å²) in [6.07, 6.45) is 0.0296. The van der Waals surface area contributed by atoms with Crippen molar-refractivity contribution in [3.63, 3.8) is 0 Å². The van der Waals surface area contributed by atoms with Crippen molar-refractivity contribution in [2.45, 2.75) is 37.6 Å². The number of ether oxygens (including phenoxy) is 1. The third-order valence-corrected chi connectivity index (χ3v) is 5.05. The van der Waals surface area contributed by atoms with Crippen molar-refractivity contribution in [1.29, 1.82) is 0 Å². The maximum Gasteiger partial charge on any atom is 0.309 e. The second-order valence-electron chi connectivity index (χ2n) is 5.37. The molecule has 20 heavy (non-hydrogen) atoms. The number of methoxy groups -OCH3 is 1. The minimum Gasteiger partial charge on any atom is -0.469 e. The van der Waals surface area contributed by atoms with Crippen LogP contribution in [0.5, 0.6) is 0 Å². The molecule has 0 saturated heterocycles.